The van der Waals surface area contributed by atoms with Gasteiger partial charge in [-0.1, -0.05) is 0 Å². The average molecular weight is 505 g/mol. The molecule has 0 aromatic heterocycles. The lowest BCUT2D eigenvalue weighted by Gasteiger charge is -2.23. The largest absolute Gasteiger partial charge is 0.488 e. The Morgan fingerprint density at radius 1 is 1.09 bits per heavy atom. The molecule has 0 spiro atoms. The second kappa shape index (κ2) is 11.9. The van der Waals surface area contributed by atoms with E-state index < -0.39 is 15.7 Å². The normalized spacial score (nSPS) is 12.7. The minimum atomic E-state index is -3.33. The van der Waals surface area contributed by atoms with Crippen molar-refractivity contribution in [3.8, 4) is 17.2 Å². The highest BCUT2D eigenvalue weighted by Gasteiger charge is 2.18. The third-order valence-electron chi connectivity index (χ3n) is 4.41. The lowest BCUT2D eigenvalue weighted by atomic mass is 10.1. The first-order chi connectivity index (χ1) is 16.3. The van der Waals surface area contributed by atoms with Gasteiger partial charge in [0.1, 0.15) is 23.4 Å². The maximum absolute atomic E-state index is 12.8. The number of nitrogens with two attached hydrogens (primary N) is 1. The number of amides is 1. The van der Waals surface area contributed by atoms with Crippen molar-refractivity contribution in [3.05, 3.63) is 60.3 Å². The Hall–Kier alpha value is -3.37. The molecule has 35 heavy (non-hydrogen) atoms. The van der Waals surface area contributed by atoms with Crippen molar-refractivity contribution in [2.45, 2.75) is 44.3 Å². The Bertz CT molecular complexity index is 1170. The molecule has 0 unspecified atom stereocenters. The zero-order valence-electron chi connectivity index (χ0n) is 20.9. The van der Waals surface area contributed by atoms with Crippen LogP contribution in [-0.4, -0.2) is 51.8 Å². The molecular weight excluding hydrogens is 470 g/mol. The van der Waals surface area contributed by atoms with Crippen LogP contribution in [0.25, 0.3) is 0 Å². The number of rotatable bonds is 10. The van der Waals surface area contributed by atoms with Crippen molar-refractivity contribution in [2.75, 3.05) is 19.9 Å². The molecule has 0 radical (unpaired) electrons. The fourth-order valence-electron chi connectivity index (χ4n) is 2.77. The Morgan fingerprint density at radius 3 is 2.29 bits per heavy atom. The van der Waals surface area contributed by atoms with Gasteiger partial charge in [0.05, 0.1) is 22.7 Å². The molecular formula is C25H34N3O6S+. The van der Waals surface area contributed by atoms with Crippen LogP contribution >= 0.6 is 0 Å². The summed E-state index contributed by atoms with van der Waals surface area (Å²) in [6, 6.07) is 10.7. The standard InChI is InChI=1S/C25H33N3O6S/c1-17(16-32-25(2,3)4)33-20-13-18(24(29)28-23(26)11-12-27-5)14-21(15-20)34-19-7-9-22(10-8-19)35(6,30)31/h7-15,17,27H,16H2,1-6H3,(H2,26,28,29)/p+1/b12-11-/t17-/m0/s1. The van der Waals surface area contributed by atoms with Crippen molar-refractivity contribution >= 4 is 21.6 Å². The monoisotopic (exact) mass is 504 g/mol. The van der Waals surface area contributed by atoms with Crippen LogP contribution < -0.4 is 25.5 Å². The Morgan fingerprint density at radius 2 is 1.71 bits per heavy atom. The van der Waals surface area contributed by atoms with Crippen LogP contribution in [0.4, 0.5) is 0 Å². The van der Waals surface area contributed by atoms with Crippen LogP contribution in [0.2, 0.25) is 0 Å². The molecule has 0 aliphatic heterocycles. The van der Waals surface area contributed by atoms with E-state index in [1.807, 2.05) is 27.7 Å². The van der Waals surface area contributed by atoms with Crippen molar-refractivity contribution in [2.24, 2.45) is 0 Å². The molecule has 1 amide bonds. The SMILES string of the molecule is CN/C=C\C(=[NH2+])NC(=O)c1cc(Oc2ccc(S(C)(=O)=O)cc2)cc(O[C@@H](C)COC(C)(C)C)c1. The summed E-state index contributed by atoms with van der Waals surface area (Å²) in [4.78, 5) is 13.0. The van der Waals surface area contributed by atoms with Crippen molar-refractivity contribution in [1.29, 1.82) is 0 Å². The summed E-state index contributed by atoms with van der Waals surface area (Å²) in [5, 5.41) is 11.2. The molecule has 10 heteroatoms. The number of benzene rings is 2. The molecule has 0 aliphatic carbocycles. The maximum atomic E-state index is 12.8. The van der Waals surface area contributed by atoms with Gasteiger partial charge in [0.2, 0.25) is 0 Å². The van der Waals surface area contributed by atoms with E-state index in [1.165, 1.54) is 36.4 Å². The number of nitrogens with one attached hydrogen (secondary N) is 2. The highest BCUT2D eigenvalue weighted by molar-refractivity contribution is 7.90. The van der Waals surface area contributed by atoms with Gasteiger partial charge in [0.15, 0.2) is 9.84 Å². The van der Waals surface area contributed by atoms with E-state index in [0.29, 0.717) is 23.9 Å². The van der Waals surface area contributed by atoms with Crippen molar-refractivity contribution in [1.82, 2.24) is 10.6 Å². The fourth-order valence-corrected chi connectivity index (χ4v) is 3.40. The van der Waals surface area contributed by atoms with E-state index in [0.717, 1.165) is 6.26 Å². The second-order valence-electron chi connectivity index (χ2n) is 8.92. The number of amidine groups is 1. The van der Waals surface area contributed by atoms with E-state index in [1.54, 1.807) is 25.4 Å². The molecule has 2 rings (SSSR count). The quantitative estimate of drug-likeness (QED) is 0.334. The molecule has 0 fully saturated rings. The van der Waals surface area contributed by atoms with Gasteiger partial charge in [-0.3, -0.25) is 5.41 Å². The van der Waals surface area contributed by atoms with Gasteiger partial charge < -0.3 is 19.5 Å². The third-order valence-corrected chi connectivity index (χ3v) is 5.53. The number of sulfone groups is 1. The van der Waals surface area contributed by atoms with Gasteiger partial charge in [-0.05, 0) is 64.1 Å². The van der Waals surface area contributed by atoms with Crippen LogP contribution in [-0.2, 0) is 14.6 Å². The lowest BCUT2D eigenvalue weighted by Crippen LogP contribution is -2.49. The van der Waals surface area contributed by atoms with Crippen LogP contribution in [0, 0.1) is 0 Å². The summed E-state index contributed by atoms with van der Waals surface area (Å²) < 4.78 is 41.1. The van der Waals surface area contributed by atoms with Crippen molar-refractivity contribution < 1.29 is 32.8 Å². The van der Waals surface area contributed by atoms with Gasteiger partial charge in [-0.25, -0.2) is 18.5 Å². The molecule has 0 saturated heterocycles. The lowest BCUT2D eigenvalue weighted by molar-refractivity contribution is -0.115. The van der Waals surface area contributed by atoms with Gasteiger partial charge in [0.25, 0.3) is 5.84 Å². The molecule has 9 nitrogen and oxygen atoms in total. The Labute approximate surface area is 206 Å². The Kier molecular flexibility index (Phi) is 9.44. The first-order valence-corrected chi connectivity index (χ1v) is 12.9. The number of hydrogen-bond acceptors (Lipinski definition) is 7. The predicted molar refractivity (Wildman–Crippen MR) is 134 cm³/mol. The molecule has 0 saturated carbocycles. The number of carbonyl (C=O) groups is 1. The molecule has 2 aromatic carbocycles. The molecule has 190 valence electrons. The van der Waals surface area contributed by atoms with E-state index >= 15 is 0 Å². The van der Waals surface area contributed by atoms with E-state index in [9.17, 15) is 13.2 Å². The summed E-state index contributed by atoms with van der Waals surface area (Å²) in [5.41, 5.74) is -0.0602. The highest BCUT2D eigenvalue weighted by Crippen LogP contribution is 2.29. The summed E-state index contributed by atoms with van der Waals surface area (Å²) in [6.45, 7) is 8.06. The predicted octanol–water partition coefficient (Wildman–Crippen LogP) is 2.09. The van der Waals surface area contributed by atoms with E-state index in [4.69, 9.17) is 19.6 Å². The summed E-state index contributed by atoms with van der Waals surface area (Å²) in [7, 11) is -1.62. The van der Waals surface area contributed by atoms with Crippen LogP contribution in [0.5, 0.6) is 17.2 Å². The topological polar surface area (TPSA) is 129 Å². The van der Waals surface area contributed by atoms with Crippen LogP contribution in [0.3, 0.4) is 0 Å². The number of hydrogen-bond donors (Lipinski definition) is 3. The molecule has 4 N–H and O–H groups in total. The zero-order valence-corrected chi connectivity index (χ0v) is 21.7. The number of carbonyl (C=O) groups excluding carboxylic acids is 1. The second-order valence-corrected chi connectivity index (χ2v) is 10.9. The smallest absolute Gasteiger partial charge is 0.339 e. The maximum Gasteiger partial charge on any atom is 0.339 e. The summed E-state index contributed by atoms with van der Waals surface area (Å²) >= 11 is 0. The van der Waals surface area contributed by atoms with Crippen LogP contribution in [0.15, 0.2) is 59.6 Å². The molecule has 0 bridgehead atoms. The first kappa shape index (κ1) is 27.9. The number of ether oxygens (including phenoxy) is 3. The molecule has 0 heterocycles. The van der Waals surface area contributed by atoms with E-state index in [2.05, 4.69) is 10.6 Å². The molecule has 0 aliphatic rings. The van der Waals surface area contributed by atoms with E-state index in [-0.39, 0.29) is 28.0 Å². The Balaban J connectivity index is 2.30. The van der Waals surface area contributed by atoms with Gasteiger partial charge in [-0.15, -0.1) is 0 Å². The van der Waals surface area contributed by atoms with Crippen molar-refractivity contribution in [3.63, 3.8) is 0 Å². The molecule has 2 aromatic rings. The summed E-state index contributed by atoms with van der Waals surface area (Å²) in [6.07, 6.45) is 3.93. The zero-order chi connectivity index (χ0) is 26.2. The van der Waals surface area contributed by atoms with Gasteiger partial charge in [-0.2, -0.15) is 0 Å². The minimum absolute atomic E-state index is 0.154. The molecule has 1 atom stereocenters. The van der Waals surface area contributed by atoms with Crippen LogP contribution in [0.1, 0.15) is 38.1 Å². The summed E-state index contributed by atoms with van der Waals surface area (Å²) in [5.74, 6) is 0.821. The third kappa shape index (κ3) is 9.79. The first-order valence-electron chi connectivity index (χ1n) is 11.0. The minimum Gasteiger partial charge on any atom is -0.488 e. The highest BCUT2D eigenvalue weighted by atomic mass is 32.2. The van der Waals surface area contributed by atoms with Gasteiger partial charge in [0, 0.05) is 31.6 Å². The average Bonchev–Trinajstić information content (AvgIpc) is 2.75. The van der Waals surface area contributed by atoms with Gasteiger partial charge >= 0.3 is 5.91 Å². The fraction of sp³-hybridized carbons (Fsp3) is 0.360.